The van der Waals surface area contributed by atoms with Crippen molar-refractivity contribution in [3.05, 3.63) is 99.7 Å². The fourth-order valence-corrected chi connectivity index (χ4v) is 13.0. The summed E-state index contributed by atoms with van der Waals surface area (Å²) < 4.78 is 48.3. The summed E-state index contributed by atoms with van der Waals surface area (Å²) in [6.45, 7) is 9.74. The van der Waals surface area contributed by atoms with Crippen LogP contribution in [0.4, 0.5) is 28.4 Å². The van der Waals surface area contributed by atoms with E-state index in [0.717, 1.165) is 62.5 Å². The lowest BCUT2D eigenvalue weighted by molar-refractivity contribution is -0.384. The van der Waals surface area contributed by atoms with Crippen LogP contribution >= 0.6 is 0 Å². The molecule has 5 aliphatic heterocycles. The number of nitro groups is 1. The van der Waals surface area contributed by atoms with Crippen LogP contribution in [0.2, 0.25) is 0 Å². The predicted molar refractivity (Wildman–Crippen MR) is 260 cm³/mol. The third kappa shape index (κ3) is 8.29. The molecule has 5 aromatic rings. The number of anilines is 4. The molecular weight excluding hydrogens is 885 g/mol. The minimum absolute atomic E-state index is 0.0403. The number of nitrogens with one attached hydrogen (secondary N) is 3. The number of benzene rings is 3. The summed E-state index contributed by atoms with van der Waals surface area (Å²) in [6, 6.07) is 21.6. The molecule has 1 spiro atoms. The maximum Gasteiger partial charge on any atom is 0.297 e. The molecule has 358 valence electrons. The van der Waals surface area contributed by atoms with Crippen molar-refractivity contribution < 1.29 is 32.3 Å². The number of amides is 1. The molecule has 16 nitrogen and oxygen atoms in total. The smallest absolute Gasteiger partial charge is 0.297 e. The van der Waals surface area contributed by atoms with Crippen molar-refractivity contribution in [1.82, 2.24) is 19.6 Å². The molecule has 0 unspecified atom stereocenters. The normalized spacial score (nSPS) is 22.2. The first-order valence-corrected chi connectivity index (χ1v) is 25.9. The lowest BCUT2D eigenvalue weighted by Gasteiger charge is -2.56. The number of pyridine rings is 1. The van der Waals surface area contributed by atoms with E-state index >= 15 is 0 Å². The van der Waals surface area contributed by atoms with E-state index in [4.69, 9.17) is 19.2 Å². The highest BCUT2D eigenvalue weighted by Gasteiger charge is 2.50. The Morgan fingerprint density at radius 1 is 0.926 bits per heavy atom. The van der Waals surface area contributed by atoms with Crippen LogP contribution < -0.4 is 29.3 Å². The van der Waals surface area contributed by atoms with Crippen LogP contribution in [0.3, 0.4) is 0 Å². The van der Waals surface area contributed by atoms with Gasteiger partial charge in [0.25, 0.3) is 21.6 Å². The summed E-state index contributed by atoms with van der Waals surface area (Å²) in [7, 11) is -4.65. The number of aromatic amines is 1. The number of hydrogen-bond donors (Lipinski definition) is 3. The second kappa shape index (κ2) is 17.9. The number of likely N-dealkylation sites (tertiary alicyclic amines) is 1. The Kier molecular flexibility index (Phi) is 11.7. The van der Waals surface area contributed by atoms with Gasteiger partial charge in [0.1, 0.15) is 17.9 Å². The fraction of sp³-hybridized carbons (Fsp3) is 0.490. The van der Waals surface area contributed by atoms with E-state index in [1.165, 1.54) is 42.9 Å². The number of carbonyl (C=O) groups excluding carboxylic acids is 1. The Morgan fingerprint density at radius 3 is 2.53 bits per heavy atom. The Hall–Kier alpha value is -5.91. The minimum atomic E-state index is -4.65. The number of rotatable bonds is 10. The largest absolute Gasteiger partial charge is 0.489 e. The second-order valence-electron chi connectivity index (χ2n) is 20.0. The number of nitro benzene ring substituents is 1. The van der Waals surface area contributed by atoms with Crippen molar-refractivity contribution in [3.8, 4) is 11.6 Å². The van der Waals surface area contributed by atoms with Gasteiger partial charge in [-0.2, -0.15) is 4.98 Å². The van der Waals surface area contributed by atoms with Gasteiger partial charge in [0.2, 0.25) is 5.88 Å². The van der Waals surface area contributed by atoms with Crippen molar-refractivity contribution in [2.45, 2.75) is 101 Å². The molecule has 2 atom stereocenters. The molecule has 11 rings (SSSR count). The minimum Gasteiger partial charge on any atom is -0.489 e. The number of fused-ring (bicyclic) bond motifs is 3. The topological polar surface area (TPSA) is 184 Å². The van der Waals surface area contributed by atoms with Crippen LogP contribution in [0.25, 0.3) is 11.0 Å². The first kappa shape index (κ1) is 44.6. The summed E-state index contributed by atoms with van der Waals surface area (Å²) in [5, 5.41) is 16.6. The number of carbonyl (C=O) groups is 1. The van der Waals surface area contributed by atoms with E-state index in [2.05, 4.69) is 62.9 Å². The highest BCUT2D eigenvalue weighted by molar-refractivity contribution is 7.90. The molecule has 0 bridgehead atoms. The molecule has 1 amide bonds. The standard InChI is InChI=1S/C51H60N8O8S/c1-32(2)38-7-3-4-8-39(38)42-9-5-18-57(42)36-29-51(30-36)15-20-56(21-16-51)35-10-11-40(43(26-35)58-19-6-22-66-50-45(58)25-34-12-17-52-48(34)54-50)49(60)55-68(63,64)37-27-44(59(61)62)47-46(28-37)67-31-41(53-47)33-13-23-65-24-14-33/h3-4,7-8,10-12,17,25-28,32-33,36,41-42,53H,5-6,9,13-16,18-24,29-31H2,1-2H3,(H,52,54)(H,55,60)/t41-,42-/m0/s1. The molecule has 68 heavy (non-hydrogen) atoms. The molecule has 2 aromatic heterocycles. The van der Waals surface area contributed by atoms with Crippen LogP contribution in [-0.4, -0.2) is 98.8 Å². The fourth-order valence-electron chi connectivity index (χ4n) is 12.0. The Bertz CT molecular complexity index is 2850. The maximum atomic E-state index is 14.5. The number of nitrogens with zero attached hydrogens (tertiary/aromatic N) is 5. The Morgan fingerprint density at radius 2 is 1.74 bits per heavy atom. The van der Waals surface area contributed by atoms with E-state index in [0.29, 0.717) is 79.1 Å². The second-order valence-corrected chi connectivity index (χ2v) is 21.7. The van der Waals surface area contributed by atoms with Gasteiger partial charge in [0.15, 0.2) is 11.4 Å². The number of sulfonamides is 1. The lowest BCUT2D eigenvalue weighted by Crippen LogP contribution is -2.55. The van der Waals surface area contributed by atoms with Gasteiger partial charge in [-0.05, 0) is 123 Å². The molecule has 6 aliphatic rings. The van der Waals surface area contributed by atoms with E-state index in [-0.39, 0.29) is 35.6 Å². The van der Waals surface area contributed by atoms with Crippen LogP contribution in [0.15, 0.2) is 77.8 Å². The van der Waals surface area contributed by atoms with Crippen LogP contribution in [0, 0.1) is 21.4 Å². The van der Waals surface area contributed by atoms with Gasteiger partial charge < -0.3 is 34.3 Å². The zero-order valence-corrected chi connectivity index (χ0v) is 39.6. The Labute approximate surface area is 396 Å². The monoisotopic (exact) mass is 944 g/mol. The summed E-state index contributed by atoms with van der Waals surface area (Å²) in [6.07, 6.45) is 11.0. The summed E-state index contributed by atoms with van der Waals surface area (Å²) >= 11 is 0. The molecule has 7 heterocycles. The number of aromatic nitrogens is 2. The van der Waals surface area contributed by atoms with E-state index in [1.54, 1.807) is 6.07 Å². The maximum absolute atomic E-state index is 14.5. The molecule has 0 radical (unpaired) electrons. The van der Waals surface area contributed by atoms with Crippen molar-refractivity contribution in [2.75, 3.05) is 67.7 Å². The molecule has 1 aliphatic carbocycles. The van der Waals surface area contributed by atoms with Gasteiger partial charge in [-0.1, -0.05) is 38.1 Å². The van der Waals surface area contributed by atoms with Crippen LogP contribution in [0.5, 0.6) is 11.6 Å². The number of ether oxygens (including phenoxy) is 3. The third-order valence-electron chi connectivity index (χ3n) is 15.7. The van der Waals surface area contributed by atoms with Crippen LogP contribution in [-0.2, 0) is 14.8 Å². The van der Waals surface area contributed by atoms with Crippen molar-refractivity contribution >= 4 is 55.4 Å². The third-order valence-corrected chi connectivity index (χ3v) is 17.0. The number of piperidine rings is 1. The zero-order valence-electron chi connectivity index (χ0n) is 38.7. The van der Waals surface area contributed by atoms with Gasteiger partial charge in [0, 0.05) is 74.3 Å². The summed E-state index contributed by atoms with van der Waals surface area (Å²) in [5.41, 5.74) is 5.84. The highest BCUT2D eigenvalue weighted by Crippen LogP contribution is 2.54. The lowest BCUT2D eigenvalue weighted by atomic mass is 9.59. The molecule has 1 saturated carbocycles. The first-order valence-electron chi connectivity index (χ1n) is 24.4. The average Bonchev–Trinajstić information content (AvgIpc) is 3.97. The summed E-state index contributed by atoms with van der Waals surface area (Å²) in [5.74, 6) is 0.248. The van der Waals surface area contributed by atoms with Gasteiger partial charge in [-0.25, -0.2) is 13.1 Å². The van der Waals surface area contributed by atoms with E-state index in [1.807, 2.05) is 35.4 Å². The van der Waals surface area contributed by atoms with Crippen LogP contribution in [0.1, 0.15) is 105 Å². The highest BCUT2D eigenvalue weighted by atomic mass is 32.2. The van der Waals surface area contributed by atoms with Gasteiger partial charge in [-0.3, -0.25) is 19.8 Å². The van der Waals surface area contributed by atoms with E-state index < -0.39 is 31.4 Å². The molecular formula is C51H60N8O8S. The molecule has 17 heteroatoms. The van der Waals surface area contributed by atoms with Crippen molar-refractivity contribution in [1.29, 1.82) is 0 Å². The van der Waals surface area contributed by atoms with Gasteiger partial charge >= 0.3 is 0 Å². The zero-order chi connectivity index (χ0) is 46.7. The van der Waals surface area contributed by atoms with Gasteiger partial charge in [-0.15, -0.1) is 0 Å². The quantitative estimate of drug-likeness (QED) is 0.0892. The van der Waals surface area contributed by atoms with Gasteiger partial charge in [0.05, 0.1) is 33.7 Å². The average molecular weight is 945 g/mol. The Balaban J connectivity index is 0.856. The van der Waals surface area contributed by atoms with Crippen molar-refractivity contribution in [2.24, 2.45) is 11.3 Å². The number of hydrogen-bond acceptors (Lipinski definition) is 13. The number of H-pyrrole nitrogens is 1. The summed E-state index contributed by atoms with van der Waals surface area (Å²) in [4.78, 5) is 41.0. The molecule has 3 saturated heterocycles. The molecule has 3 aromatic carbocycles. The van der Waals surface area contributed by atoms with E-state index in [9.17, 15) is 23.3 Å². The van der Waals surface area contributed by atoms with Crippen molar-refractivity contribution in [3.63, 3.8) is 0 Å². The first-order chi connectivity index (χ1) is 32.9. The molecule has 3 N–H and O–H groups in total. The predicted octanol–water partition coefficient (Wildman–Crippen LogP) is 8.82. The molecule has 4 fully saturated rings. The SMILES string of the molecule is CC(C)c1ccccc1[C@@H]1CCCN1C1CC2(CCN(c3ccc(C(=O)NS(=O)(=O)c4cc5c(c([N+](=O)[O-])c4)N[C@H](C4CCOCC4)CO5)c(N4CCCOc5nc6[nH]ccc6cc54)c3)CC2)C1.